The van der Waals surface area contributed by atoms with Gasteiger partial charge in [-0.15, -0.1) is 0 Å². The maximum absolute atomic E-state index is 14.1. The molecule has 0 radical (unpaired) electrons. The van der Waals surface area contributed by atoms with Crippen LogP contribution in [0.5, 0.6) is 0 Å². The summed E-state index contributed by atoms with van der Waals surface area (Å²) >= 11 is 0. The summed E-state index contributed by atoms with van der Waals surface area (Å²) in [7, 11) is 1.33. The van der Waals surface area contributed by atoms with Crippen LogP contribution in [0.1, 0.15) is 71.9 Å². The molecule has 5 aromatic rings. The number of ether oxygens (including phenoxy) is 1. The van der Waals surface area contributed by atoms with Crippen molar-refractivity contribution < 1.29 is 14.3 Å². The summed E-state index contributed by atoms with van der Waals surface area (Å²) in [5.41, 5.74) is 5.14. The number of piperidine rings is 1. The number of amides is 1. The van der Waals surface area contributed by atoms with E-state index in [-0.39, 0.29) is 23.3 Å². The second kappa shape index (κ2) is 12.6. The summed E-state index contributed by atoms with van der Waals surface area (Å²) in [6.07, 6.45) is 3.32. The maximum Gasteiger partial charge on any atom is 0.356 e. The number of fused-ring (bicyclic) bond motifs is 1. The van der Waals surface area contributed by atoms with Gasteiger partial charge in [0.05, 0.1) is 24.5 Å². The largest absolute Gasteiger partial charge is 0.464 e. The first-order chi connectivity index (χ1) is 21.7. The molecule has 2 aromatic heterocycles. The summed E-state index contributed by atoms with van der Waals surface area (Å²) < 4.78 is 8.07. The average Bonchev–Trinajstić information content (AvgIpc) is 3.62. The first kappa shape index (κ1) is 30.1. The summed E-state index contributed by atoms with van der Waals surface area (Å²) in [5, 5.41) is 8.09. The molecule has 3 aromatic carbocycles. The normalized spacial score (nSPS) is 15.0. The van der Waals surface area contributed by atoms with Crippen molar-refractivity contribution in [1.82, 2.24) is 24.2 Å². The van der Waals surface area contributed by atoms with Crippen molar-refractivity contribution in [3.8, 4) is 5.69 Å². The highest BCUT2D eigenvalue weighted by Gasteiger charge is 2.33. The third kappa shape index (κ3) is 5.93. The number of hydrogen-bond acceptors (Lipinski definition) is 6. The highest BCUT2D eigenvalue weighted by molar-refractivity contribution is 6.12. The van der Waals surface area contributed by atoms with E-state index in [2.05, 4.69) is 32.4 Å². The molecule has 3 heterocycles. The number of aromatic amines is 1. The van der Waals surface area contributed by atoms with E-state index in [1.54, 1.807) is 10.9 Å². The number of nitrogens with zero attached hydrogens (tertiary/aromatic N) is 4. The Bertz CT molecular complexity index is 1880. The zero-order chi connectivity index (χ0) is 31.7. The standard InChI is InChI=1S/C35H38N6O4/c1-22(2)41-35(44)40(21-36-41)27-13-11-24(12-14-27)25-16-18-39(19-17-25)32(26-8-6-5-7-9-26)33(42)38-30-28-20-23(3)10-15-29(28)37-31(30)34(43)45-4/h5-15,20-22,25,32,37H,16-19H2,1-4H3,(H,38,42). The summed E-state index contributed by atoms with van der Waals surface area (Å²) in [6.45, 7) is 7.28. The van der Waals surface area contributed by atoms with Gasteiger partial charge in [-0.2, -0.15) is 5.10 Å². The van der Waals surface area contributed by atoms with Gasteiger partial charge in [-0.25, -0.2) is 18.8 Å². The Hall–Kier alpha value is -4.96. The van der Waals surface area contributed by atoms with E-state index in [9.17, 15) is 14.4 Å². The lowest BCUT2D eigenvalue weighted by molar-refractivity contribution is -0.122. The molecule has 6 rings (SSSR count). The Kier molecular flexibility index (Phi) is 8.40. The van der Waals surface area contributed by atoms with E-state index >= 15 is 0 Å². The first-order valence-corrected chi connectivity index (χ1v) is 15.3. The average molecular weight is 607 g/mol. The number of esters is 1. The van der Waals surface area contributed by atoms with Crippen molar-refractivity contribution in [3.05, 3.63) is 112 Å². The zero-order valence-electron chi connectivity index (χ0n) is 26.0. The lowest BCUT2D eigenvalue weighted by atomic mass is 9.88. The third-order valence-corrected chi connectivity index (χ3v) is 8.68. The van der Waals surface area contributed by atoms with Gasteiger partial charge in [0.1, 0.15) is 18.1 Å². The minimum absolute atomic E-state index is 0.00790. The smallest absolute Gasteiger partial charge is 0.356 e. The van der Waals surface area contributed by atoms with Gasteiger partial charge in [-0.05, 0) is 88.0 Å². The van der Waals surface area contributed by atoms with Crippen LogP contribution in [0.2, 0.25) is 0 Å². The molecule has 2 N–H and O–H groups in total. The lowest BCUT2D eigenvalue weighted by Crippen LogP contribution is -2.42. The van der Waals surface area contributed by atoms with Gasteiger partial charge in [-0.1, -0.05) is 54.1 Å². The molecule has 232 valence electrons. The van der Waals surface area contributed by atoms with Crippen molar-refractivity contribution in [2.45, 2.75) is 51.6 Å². The topological polar surface area (TPSA) is 114 Å². The number of methoxy groups -OCH3 is 1. The van der Waals surface area contributed by atoms with Crippen LogP contribution in [0.3, 0.4) is 0 Å². The van der Waals surface area contributed by atoms with Crippen molar-refractivity contribution >= 4 is 28.5 Å². The lowest BCUT2D eigenvalue weighted by Gasteiger charge is -2.37. The van der Waals surface area contributed by atoms with Crippen molar-refractivity contribution in [2.75, 3.05) is 25.5 Å². The van der Waals surface area contributed by atoms with Crippen LogP contribution >= 0.6 is 0 Å². The van der Waals surface area contributed by atoms with Crippen LogP contribution in [0, 0.1) is 6.92 Å². The fraction of sp³-hybridized carbons (Fsp3) is 0.314. The molecule has 1 aliphatic heterocycles. The number of nitrogens with one attached hydrogen (secondary N) is 2. The van der Waals surface area contributed by atoms with Crippen LogP contribution in [0.4, 0.5) is 5.69 Å². The number of hydrogen-bond donors (Lipinski definition) is 2. The molecule has 1 unspecified atom stereocenters. The van der Waals surface area contributed by atoms with Gasteiger partial charge in [0.25, 0.3) is 0 Å². The monoisotopic (exact) mass is 606 g/mol. The Balaban J connectivity index is 1.22. The molecule has 0 aliphatic carbocycles. The molecule has 1 atom stereocenters. The molecule has 10 nitrogen and oxygen atoms in total. The predicted octanol–water partition coefficient (Wildman–Crippen LogP) is 5.75. The molecule has 1 fully saturated rings. The number of aromatic nitrogens is 4. The highest BCUT2D eigenvalue weighted by Crippen LogP contribution is 2.35. The quantitative estimate of drug-likeness (QED) is 0.218. The Morgan fingerprint density at radius 2 is 1.71 bits per heavy atom. The number of carbonyl (C=O) groups excluding carboxylic acids is 2. The van der Waals surface area contributed by atoms with Crippen LogP contribution in [-0.2, 0) is 9.53 Å². The third-order valence-electron chi connectivity index (χ3n) is 8.68. The number of benzene rings is 3. The number of H-pyrrole nitrogens is 1. The van der Waals surface area contributed by atoms with Crippen LogP contribution in [-0.4, -0.2) is 56.3 Å². The molecule has 1 aliphatic rings. The van der Waals surface area contributed by atoms with Crippen molar-refractivity contribution in [2.24, 2.45) is 0 Å². The molecule has 10 heteroatoms. The Morgan fingerprint density at radius 3 is 2.36 bits per heavy atom. The number of aryl methyl sites for hydroxylation is 1. The number of anilines is 1. The fourth-order valence-corrected chi connectivity index (χ4v) is 6.29. The summed E-state index contributed by atoms with van der Waals surface area (Å²) in [6, 6.07) is 23.1. The van der Waals surface area contributed by atoms with Crippen molar-refractivity contribution in [3.63, 3.8) is 0 Å². The molecular formula is C35H38N6O4. The second-order valence-corrected chi connectivity index (χ2v) is 11.9. The SMILES string of the molecule is COC(=O)c1[nH]c2ccc(C)cc2c1NC(=O)C(c1ccccc1)N1CCC(c2ccc(-n3cnn(C(C)C)c3=O)cc2)CC1. The molecule has 0 bridgehead atoms. The zero-order valence-corrected chi connectivity index (χ0v) is 26.0. The molecule has 0 saturated carbocycles. The minimum atomic E-state index is -0.542. The van der Waals surface area contributed by atoms with Crippen LogP contribution in [0.25, 0.3) is 16.6 Å². The van der Waals surface area contributed by atoms with Gasteiger partial charge >= 0.3 is 11.7 Å². The second-order valence-electron chi connectivity index (χ2n) is 11.9. The first-order valence-electron chi connectivity index (χ1n) is 15.3. The molecule has 1 amide bonds. The minimum Gasteiger partial charge on any atom is -0.464 e. The van der Waals surface area contributed by atoms with Gasteiger partial charge in [0.2, 0.25) is 5.91 Å². The number of likely N-dealkylation sites (tertiary alicyclic amines) is 1. The molecular weight excluding hydrogens is 568 g/mol. The van der Waals surface area contributed by atoms with E-state index in [0.29, 0.717) is 11.6 Å². The van der Waals surface area contributed by atoms with Crippen LogP contribution in [0.15, 0.2) is 83.9 Å². The molecule has 0 spiro atoms. The maximum atomic E-state index is 14.1. The summed E-state index contributed by atoms with van der Waals surface area (Å²) in [5.74, 6) is -0.419. The van der Waals surface area contributed by atoms with E-state index in [1.807, 2.05) is 81.4 Å². The van der Waals surface area contributed by atoms with E-state index < -0.39 is 12.0 Å². The summed E-state index contributed by atoms with van der Waals surface area (Å²) in [4.78, 5) is 44.9. The highest BCUT2D eigenvalue weighted by atomic mass is 16.5. The van der Waals surface area contributed by atoms with Gasteiger partial charge < -0.3 is 15.0 Å². The molecule has 1 saturated heterocycles. The molecule has 45 heavy (non-hydrogen) atoms. The Morgan fingerprint density at radius 1 is 1.00 bits per heavy atom. The Labute approximate surface area is 261 Å². The van der Waals surface area contributed by atoms with Crippen LogP contribution < -0.4 is 11.0 Å². The van der Waals surface area contributed by atoms with Crippen molar-refractivity contribution in [1.29, 1.82) is 0 Å². The fourth-order valence-electron chi connectivity index (χ4n) is 6.29. The van der Waals surface area contributed by atoms with E-state index in [4.69, 9.17) is 4.74 Å². The number of carbonyl (C=O) groups is 2. The van der Waals surface area contributed by atoms with Gasteiger partial charge in [0.15, 0.2) is 0 Å². The van der Waals surface area contributed by atoms with Gasteiger partial charge in [-0.3, -0.25) is 9.69 Å². The van der Waals surface area contributed by atoms with E-state index in [0.717, 1.165) is 53.6 Å². The van der Waals surface area contributed by atoms with Gasteiger partial charge in [0, 0.05) is 10.9 Å². The predicted molar refractivity (Wildman–Crippen MR) is 174 cm³/mol. The number of rotatable bonds is 8. The van der Waals surface area contributed by atoms with E-state index in [1.165, 1.54) is 17.4 Å².